The molecule has 6 heteroatoms. The summed E-state index contributed by atoms with van der Waals surface area (Å²) in [6.45, 7) is 5.42. The van der Waals surface area contributed by atoms with Crippen LogP contribution in [0.1, 0.15) is 18.9 Å². The Morgan fingerprint density at radius 3 is 2.59 bits per heavy atom. The Hall–Kier alpha value is -2.05. The van der Waals surface area contributed by atoms with Gasteiger partial charge in [-0.25, -0.2) is 0 Å². The lowest BCUT2D eigenvalue weighted by atomic mass is 10.1. The van der Waals surface area contributed by atoms with E-state index in [0.29, 0.717) is 5.75 Å². The minimum atomic E-state index is -0.182. The molecule has 27 heavy (non-hydrogen) atoms. The van der Waals surface area contributed by atoms with Crippen molar-refractivity contribution in [2.75, 3.05) is 43.1 Å². The molecule has 0 radical (unpaired) electrons. The van der Waals surface area contributed by atoms with Crippen LogP contribution in [0.5, 0.6) is 5.75 Å². The third-order valence-electron chi connectivity index (χ3n) is 4.42. The van der Waals surface area contributed by atoms with E-state index in [0.717, 1.165) is 55.0 Å². The average molecular weight is 433 g/mol. The Balaban J connectivity index is 1.50. The molecule has 1 amide bonds. The van der Waals surface area contributed by atoms with Crippen LogP contribution in [-0.4, -0.2) is 38.8 Å². The second-order valence-electron chi connectivity index (χ2n) is 6.50. The minimum Gasteiger partial charge on any atom is -0.483 e. The van der Waals surface area contributed by atoms with E-state index in [4.69, 9.17) is 9.47 Å². The van der Waals surface area contributed by atoms with Crippen molar-refractivity contribution in [3.63, 3.8) is 0 Å². The summed E-state index contributed by atoms with van der Waals surface area (Å²) in [6, 6.07) is 13.8. The molecule has 1 saturated heterocycles. The van der Waals surface area contributed by atoms with Gasteiger partial charge in [0.2, 0.25) is 0 Å². The highest BCUT2D eigenvalue weighted by molar-refractivity contribution is 9.10. The molecular formula is C21H25BrN2O3. The molecule has 3 rings (SSSR count). The first-order valence-corrected chi connectivity index (χ1v) is 10.1. The summed E-state index contributed by atoms with van der Waals surface area (Å²) in [5.74, 6) is 0.492. The van der Waals surface area contributed by atoms with Crippen molar-refractivity contribution in [3.8, 4) is 5.75 Å². The normalized spacial score (nSPS) is 14.1. The van der Waals surface area contributed by atoms with Gasteiger partial charge in [-0.05, 0) is 64.3 Å². The molecule has 5 nitrogen and oxygen atoms in total. The predicted molar refractivity (Wildman–Crippen MR) is 112 cm³/mol. The van der Waals surface area contributed by atoms with Gasteiger partial charge < -0.3 is 19.7 Å². The zero-order valence-electron chi connectivity index (χ0n) is 15.5. The number of nitrogens with one attached hydrogen (secondary N) is 1. The first-order valence-electron chi connectivity index (χ1n) is 9.29. The van der Waals surface area contributed by atoms with Crippen LogP contribution in [0.4, 0.5) is 11.4 Å². The fourth-order valence-corrected chi connectivity index (χ4v) is 3.56. The van der Waals surface area contributed by atoms with Crippen LogP contribution in [0.3, 0.4) is 0 Å². The van der Waals surface area contributed by atoms with E-state index in [-0.39, 0.29) is 12.5 Å². The molecule has 1 fully saturated rings. The Labute approximate surface area is 168 Å². The molecule has 0 unspecified atom stereocenters. The van der Waals surface area contributed by atoms with E-state index in [9.17, 15) is 4.79 Å². The third-order valence-corrected chi connectivity index (χ3v) is 5.04. The lowest BCUT2D eigenvalue weighted by molar-refractivity contribution is -0.118. The van der Waals surface area contributed by atoms with Gasteiger partial charge >= 0.3 is 0 Å². The number of rotatable bonds is 7. The molecule has 1 N–H and O–H groups in total. The summed E-state index contributed by atoms with van der Waals surface area (Å²) in [6.07, 6.45) is 2.12. The zero-order chi connectivity index (χ0) is 19.1. The molecule has 0 bridgehead atoms. The largest absolute Gasteiger partial charge is 0.483 e. The monoisotopic (exact) mass is 432 g/mol. The van der Waals surface area contributed by atoms with Crippen LogP contribution in [0, 0.1) is 0 Å². The minimum absolute atomic E-state index is 0.0308. The summed E-state index contributed by atoms with van der Waals surface area (Å²) < 4.78 is 11.9. The Morgan fingerprint density at radius 1 is 1.19 bits per heavy atom. The van der Waals surface area contributed by atoms with E-state index in [2.05, 4.69) is 33.1 Å². The number of hydrogen-bond acceptors (Lipinski definition) is 4. The number of carbonyl (C=O) groups excluding carboxylic acids is 1. The second kappa shape index (κ2) is 9.76. The summed E-state index contributed by atoms with van der Waals surface area (Å²) in [4.78, 5) is 14.5. The van der Waals surface area contributed by atoms with E-state index >= 15 is 0 Å². The number of morpholine rings is 1. The molecule has 0 spiro atoms. The first kappa shape index (κ1) is 19.7. The molecule has 0 saturated carbocycles. The van der Waals surface area contributed by atoms with Crippen LogP contribution in [0.25, 0.3) is 0 Å². The number of carbonyl (C=O) groups is 1. The maximum absolute atomic E-state index is 12.2. The topological polar surface area (TPSA) is 50.8 Å². The first-order chi connectivity index (χ1) is 13.2. The van der Waals surface area contributed by atoms with E-state index < -0.39 is 0 Å². The van der Waals surface area contributed by atoms with Gasteiger partial charge in [0, 0.05) is 24.5 Å². The number of benzene rings is 2. The van der Waals surface area contributed by atoms with Crippen LogP contribution >= 0.6 is 15.9 Å². The lowest BCUT2D eigenvalue weighted by Gasteiger charge is -2.28. The zero-order valence-corrected chi connectivity index (χ0v) is 17.1. The Morgan fingerprint density at radius 2 is 1.93 bits per heavy atom. The molecular weight excluding hydrogens is 408 g/mol. The quantitative estimate of drug-likeness (QED) is 0.709. The molecule has 0 aromatic heterocycles. The summed E-state index contributed by atoms with van der Waals surface area (Å²) >= 11 is 3.51. The molecule has 144 valence electrons. The highest BCUT2D eigenvalue weighted by Gasteiger charge is 2.11. The van der Waals surface area contributed by atoms with Crippen LogP contribution in [0.15, 0.2) is 46.9 Å². The maximum Gasteiger partial charge on any atom is 0.262 e. The van der Waals surface area contributed by atoms with Gasteiger partial charge in [-0.15, -0.1) is 0 Å². The van der Waals surface area contributed by atoms with Gasteiger partial charge in [-0.2, -0.15) is 0 Å². The van der Waals surface area contributed by atoms with Crippen molar-refractivity contribution in [2.45, 2.75) is 19.8 Å². The number of nitrogens with zero attached hydrogens (tertiary/aromatic N) is 1. The molecule has 2 aromatic carbocycles. The number of amides is 1. The highest BCUT2D eigenvalue weighted by Crippen LogP contribution is 2.26. The van der Waals surface area contributed by atoms with Crippen molar-refractivity contribution >= 4 is 33.2 Å². The number of anilines is 2. The van der Waals surface area contributed by atoms with E-state index in [1.807, 2.05) is 42.5 Å². The standard InChI is InChI=1S/C21H25BrN2O3/c1-2-3-16-4-9-20(19(22)14-16)27-15-21(25)23-17-5-7-18(8-6-17)24-10-12-26-13-11-24/h4-9,14H,2-3,10-13,15H2,1H3,(H,23,25). The maximum atomic E-state index is 12.2. The fraction of sp³-hybridized carbons (Fsp3) is 0.381. The molecule has 1 aliphatic heterocycles. The van der Waals surface area contributed by atoms with Gasteiger partial charge in [0.1, 0.15) is 5.75 Å². The van der Waals surface area contributed by atoms with Gasteiger partial charge in [-0.3, -0.25) is 4.79 Å². The molecule has 1 heterocycles. The molecule has 0 atom stereocenters. The lowest BCUT2D eigenvalue weighted by Crippen LogP contribution is -2.36. The van der Waals surface area contributed by atoms with Crippen molar-refractivity contribution < 1.29 is 14.3 Å². The number of hydrogen-bond donors (Lipinski definition) is 1. The van der Waals surface area contributed by atoms with Crippen LogP contribution in [-0.2, 0) is 16.0 Å². The van der Waals surface area contributed by atoms with Crippen molar-refractivity contribution in [3.05, 3.63) is 52.5 Å². The van der Waals surface area contributed by atoms with Gasteiger partial charge in [0.15, 0.2) is 6.61 Å². The summed E-state index contributed by atoms with van der Waals surface area (Å²) in [5, 5.41) is 2.87. The Bertz CT molecular complexity index is 759. The van der Waals surface area contributed by atoms with Gasteiger partial charge in [-0.1, -0.05) is 19.4 Å². The molecule has 2 aromatic rings. The van der Waals surface area contributed by atoms with E-state index in [1.54, 1.807) is 0 Å². The van der Waals surface area contributed by atoms with Crippen molar-refractivity contribution in [2.24, 2.45) is 0 Å². The van der Waals surface area contributed by atoms with Gasteiger partial charge in [0.25, 0.3) is 5.91 Å². The smallest absolute Gasteiger partial charge is 0.262 e. The summed E-state index contributed by atoms with van der Waals surface area (Å²) in [5.41, 5.74) is 3.16. The van der Waals surface area contributed by atoms with Crippen molar-refractivity contribution in [1.29, 1.82) is 0 Å². The number of ether oxygens (including phenoxy) is 2. The SMILES string of the molecule is CCCc1ccc(OCC(=O)Nc2ccc(N3CCOCC3)cc2)c(Br)c1. The number of aryl methyl sites for hydroxylation is 1. The fourth-order valence-electron chi connectivity index (χ4n) is 3.02. The van der Waals surface area contributed by atoms with Crippen LogP contribution in [0.2, 0.25) is 0 Å². The predicted octanol–water partition coefficient (Wildman–Crippen LogP) is 4.26. The van der Waals surface area contributed by atoms with Crippen LogP contribution < -0.4 is 15.0 Å². The second-order valence-corrected chi connectivity index (χ2v) is 7.35. The summed E-state index contributed by atoms with van der Waals surface area (Å²) in [7, 11) is 0. The van der Waals surface area contributed by atoms with Gasteiger partial charge in [0.05, 0.1) is 17.7 Å². The van der Waals surface area contributed by atoms with E-state index in [1.165, 1.54) is 5.56 Å². The average Bonchev–Trinajstić information content (AvgIpc) is 2.69. The third kappa shape index (κ3) is 5.71. The number of halogens is 1. The molecule has 1 aliphatic rings. The van der Waals surface area contributed by atoms with Crippen molar-refractivity contribution in [1.82, 2.24) is 0 Å². The highest BCUT2D eigenvalue weighted by atomic mass is 79.9. The molecule has 0 aliphatic carbocycles. The Kier molecular flexibility index (Phi) is 7.12.